The molecule has 0 spiro atoms. The average Bonchev–Trinajstić information content (AvgIpc) is 2.68. The van der Waals surface area contributed by atoms with E-state index in [1.54, 1.807) is 0 Å². The van der Waals surface area contributed by atoms with Crippen LogP contribution in [0.4, 0.5) is 0 Å². The summed E-state index contributed by atoms with van der Waals surface area (Å²) in [6.45, 7) is 5.94. The molecule has 0 unspecified atom stereocenters. The number of fused-ring (bicyclic) bond motifs is 1. The first kappa shape index (κ1) is 20.9. The van der Waals surface area contributed by atoms with Crippen LogP contribution in [-0.2, 0) is 6.42 Å². The Labute approximate surface area is 163 Å². The summed E-state index contributed by atoms with van der Waals surface area (Å²) < 4.78 is 12.4. The highest BCUT2D eigenvalue weighted by Crippen LogP contribution is 2.37. The number of rotatable bonds is 13. The van der Waals surface area contributed by atoms with Crippen LogP contribution < -0.4 is 9.47 Å². The SMILES string of the molecule is CCCCCOc1c(CC)cc(OCCCCCCCl)c2ccccc12. The minimum absolute atomic E-state index is 0.755. The van der Waals surface area contributed by atoms with Gasteiger partial charge in [0.1, 0.15) is 11.5 Å². The summed E-state index contributed by atoms with van der Waals surface area (Å²) in [4.78, 5) is 0. The molecule has 2 aromatic rings. The van der Waals surface area contributed by atoms with Crippen molar-refractivity contribution >= 4 is 22.4 Å². The maximum Gasteiger partial charge on any atom is 0.130 e. The molecule has 0 N–H and O–H groups in total. The van der Waals surface area contributed by atoms with Crippen molar-refractivity contribution in [3.63, 3.8) is 0 Å². The van der Waals surface area contributed by atoms with Gasteiger partial charge in [-0.05, 0) is 37.3 Å². The van der Waals surface area contributed by atoms with E-state index in [0.29, 0.717) is 0 Å². The minimum Gasteiger partial charge on any atom is -0.493 e. The number of hydrogen-bond donors (Lipinski definition) is 0. The van der Waals surface area contributed by atoms with Crippen LogP contribution in [0.3, 0.4) is 0 Å². The average molecular weight is 377 g/mol. The lowest BCUT2D eigenvalue weighted by atomic mass is 10.0. The summed E-state index contributed by atoms with van der Waals surface area (Å²) in [6.07, 6.45) is 8.99. The van der Waals surface area contributed by atoms with Crippen molar-refractivity contribution in [2.75, 3.05) is 19.1 Å². The third kappa shape index (κ3) is 6.09. The van der Waals surface area contributed by atoms with E-state index in [2.05, 4.69) is 44.2 Å². The Kier molecular flexibility index (Phi) is 9.70. The second-order valence-corrected chi connectivity index (χ2v) is 7.15. The molecule has 0 aromatic heterocycles. The quantitative estimate of drug-likeness (QED) is 0.273. The van der Waals surface area contributed by atoms with Gasteiger partial charge in [0.15, 0.2) is 0 Å². The van der Waals surface area contributed by atoms with Gasteiger partial charge in [0.2, 0.25) is 0 Å². The number of ether oxygens (including phenoxy) is 2. The summed E-state index contributed by atoms with van der Waals surface area (Å²) in [6, 6.07) is 10.6. The van der Waals surface area contributed by atoms with E-state index in [-0.39, 0.29) is 0 Å². The van der Waals surface area contributed by atoms with Crippen molar-refractivity contribution in [1.82, 2.24) is 0 Å². The molecule has 0 aliphatic heterocycles. The molecular weight excluding hydrogens is 344 g/mol. The van der Waals surface area contributed by atoms with Crippen molar-refractivity contribution in [3.8, 4) is 11.5 Å². The van der Waals surface area contributed by atoms with Crippen molar-refractivity contribution in [2.24, 2.45) is 0 Å². The van der Waals surface area contributed by atoms with E-state index < -0.39 is 0 Å². The first-order chi connectivity index (χ1) is 12.8. The molecule has 3 heteroatoms. The monoisotopic (exact) mass is 376 g/mol. The molecule has 26 heavy (non-hydrogen) atoms. The Morgan fingerprint density at radius 1 is 0.808 bits per heavy atom. The zero-order chi connectivity index (χ0) is 18.6. The van der Waals surface area contributed by atoms with E-state index in [4.69, 9.17) is 21.1 Å². The molecule has 0 amide bonds. The molecule has 0 aliphatic rings. The first-order valence-electron chi connectivity index (χ1n) is 10.2. The smallest absolute Gasteiger partial charge is 0.130 e. The summed E-state index contributed by atoms with van der Waals surface area (Å²) in [5.74, 6) is 2.77. The largest absolute Gasteiger partial charge is 0.493 e. The molecule has 0 saturated heterocycles. The zero-order valence-electron chi connectivity index (χ0n) is 16.4. The number of aryl methyl sites for hydroxylation is 1. The van der Waals surface area contributed by atoms with Crippen LogP contribution in [0.5, 0.6) is 11.5 Å². The van der Waals surface area contributed by atoms with E-state index in [0.717, 1.165) is 61.7 Å². The van der Waals surface area contributed by atoms with Crippen LogP contribution in [0.2, 0.25) is 0 Å². The van der Waals surface area contributed by atoms with Gasteiger partial charge in [-0.15, -0.1) is 11.6 Å². The molecule has 2 nitrogen and oxygen atoms in total. The first-order valence-corrected chi connectivity index (χ1v) is 10.7. The fraction of sp³-hybridized carbons (Fsp3) is 0.565. The van der Waals surface area contributed by atoms with Gasteiger partial charge >= 0.3 is 0 Å². The predicted molar refractivity (Wildman–Crippen MR) is 113 cm³/mol. The standard InChI is InChI=1S/C23H33ClO2/c1-3-5-11-17-26-23-19(4-2)18-22(20-13-8-9-14-21(20)23)25-16-12-7-6-10-15-24/h8-9,13-14,18H,3-7,10-12,15-17H2,1-2H3. The molecule has 0 aliphatic carbocycles. The summed E-state index contributed by atoms with van der Waals surface area (Å²) in [5.41, 5.74) is 1.23. The lowest BCUT2D eigenvalue weighted by Gasteiger charge is -2.17. The fourth-order valence-electron chi connectivity index (χ4n) is 3.18. The Morgan fingerprint density at radius 3 is 2.23 bits per heavy atom. The molecular formula is C23H33ClO2. The number of hydrogen-bond acceptors (Lipinski definition) is 2. The van der Waals surface area contributed by atoms with Crippen LogP contribution >= 0.6 is 11.6 Å². The van der Waals surface area contributed by atoms with Gasteiger partial charge in [0, 0.05) is 16.7 Å². The number of halogens is 1. The second kappa shape index (κ2) is 12.1. The van der Waals surface area contributed by atoms with Crippen LogP contribution in [0.15, 0.2) is 30.3 Å². The third-order valence-corrected chi connectivity index (χ3v) is 4.96. The molecule has 0 saturated carbocycles. The van der Waals surface area contributed by atoms with Gasteiger partial charge in [-0.1, -0.05) is 63.8 Å². The van der Waals surface area contributed by atoms with E-state index in [9.17, 15) is 0 Å². The highest BCUT2D eigenvalue weighted by molar-refractivity contribution is 6.17. The van der Waals surface area contributed by atoms with Gasteiger partial charge in [-0.25, -0.2) is 0 Å². The number of alkyl halides is 1. The molecule has 0 bridgehead atoms. The van der Waals surface area contributed by atoms with Crippen LogP contribution in [0.25, 0.3) is 10.8 Å². The predicted octanol–water partition coefficient (Wildman–Crippen LogP) is 7.15. The van der Waals surface area contributed by atoms with Gasteiger partial charge in [0.25, 0.3) is 0 Å². The van der Waals surface area contributed by atoms with Gasteiger partial charge in [0.05, 0.1) is 13.2 Å². The molecule has 0 heterocycles. The summed E-state index contributed by atoms with van der Waals surface area (Å²) >= 11 is 5.73. The lowest BCUT2D eigenvalue weighted by molar-refractivity contribution is 0.300. The van der Waals surface area contributed by atoms with Crippen molar-refractivity contribution in [3.05, 3.63) is 35.9 Å². The van der Waals surface area contributed by atoms with E-state index in [1.807, 2.05) is 0 Å². The molecule has 2 aromatic carbocycles. The zero-order valence-corrected chi connectivity index (χ0v) is 17.1. The van der Waals surface area contributed by atoms with Gasteiger partial charge in [-0.3, -0.25) is 0 Å². The molecule has 0 radical (unpaired) electrons. The normalized spacial score (nSPS) is 11.0. The van der Waals surface area contributed by atoms with E-state index >= 15 is 0 Å². The lowest BCUT2D eigenvalue weighted by Crippen LogP contribution is -2.03. The van der Waals surface area contributed by atoms with E-state index in [1.165, 1.54) is 36.6 Å². The maximum absolute atomic E-state index is 6.20. The van der Waals surface area contributed by atoms with Crippen molar-refractivity contribution in [1.29, 1.82) is 0 Å². The highest BCUT2D eigenvalue weighted by Gasteiger charge is 2.13. The van der Waals surface area contributed by atoms with Gasteiger partial charge < -0.3 is 9.47 Å². The number of unbranched alkanes of at least 4 members (excludes halogenated alkanes) is 5. The molecule has 0 fully saturated rings. The molecule has 144 valence electrons. The fourth-order valence-corrected chi connectivity index (χ4v) is 3.37. The van der Waals surface area contributed by atoms with Crippen molar-refractivity contribution < 1.29 is 9.47 Å². The summed E-state index contributed by atoms with van der Waals surface area (Å²) in [5, 5.41) is 2.32. The summed E-state index contributed by atoms with van der Waals surface area (Å²) in [7, 11) is 0. The van der Waals surface area contributed by atoms with Gasteiger partial charge in [-0.2, -0.15) is 0 Å². The van der Waals surface area contributed by atoms with Crippen molar-refractivity contribution in [2.45, 2.75) is 65.2 Å². The highest BCUT2D eigenvalue weighted by atomic mass is 35.5. The van der Waals surface area contributed by atoms with Crippen LogP contribution in [-0.4, -0.2) is 19.1 Å². The minimum atomic E-state index is 0.755. The second-order valence-electron chi connectivity index (χ2n) is 6.77. The van der Waals surface area contributed by atoms with Crippen LogP contribution in [0, 0.1) is 0 Å². The molecule has 2 rings (SSSR count). The Morgan fingerprint density at radius 2 is 1.50 bits per heavy atom. The number of benzene rings is 2. The third-order valence-electron chi connectivity index (χ3n) is 4.69. The Hall–Kier alpha value is -1.41. The van der Waals surface area contributed by atoms with Crippen LogP contribution in [0.1, 0.15) is 64.4 Å². The Bertz CT molecular complexity index is 654. The molecule has 0 atom stereocenters. The topological polar surface area (TPSA) is 18.5 Å². The maximum atomic E-state index is 6.20. The Balaban J connectivity index is 2.13.